The Morgan fingerprint density at radius 2 is 1.86 bits per heavy atom. The van der Waals surface area contributed by atoms with E-state index in [1.807, 2.05) is 0 Å². The standard InChI is InChI=1S/C20H25NO/c1-3-6-16-9-11-17(12-10-16)20(22)14-21-15(2)13-18-7-4-5-8-19(18)21/h4-5,7-12,15,20,22H,3,6,13-14H2,1-2H3. The Balaban J connectivity index is 1.72. The van der Waals surface area contributed by atoms with Gasteiger partial charge >= 0.3 is 0 Å². The monoisotopic (exact) mass is 295 g/mol. The number of fused-ring (bicyclic) bond motifs is 1. The molecule has 2 aromatic rings. The molecule has 0 amide bonds. The van der Waals surface area contributed by atoms with Gasteiger partial charge in [-0.3, -0.25) is 0 Å². The molecule has 0 fully saturated rings. The van der Waals surface area contributed by atoms with Crippen LogP contribution in [-0.4, -0.2) is 17.7 Å². The number of aryl methyl sites for hydroxylation is 1. The lowest BCUT2D eigenvalue weighted by atomic mass is 10.0. The van der Waals surface area contributed by atoms with Crippen LogP contribution in [0.2, 0.25) is 0 Å². The smallest absolute Gasteiger partial charge is 0.0964 e. The molecule has 0 saturated carbocycles. The van der Waals surface area contributed by atoms with E-state index in [4.69, 9.17) is 0 Å². The van der Waals surface area contributed by atoms with Crippen LogP contribution in [0.15, 0.2) is 48.5 Å². The number of hydrogen-bond acceptors (Lipinski definition) is 2. The Morgan fingerprint density at radius 1 is 1.14 bits per heavy atom. The van der Waals surface area contributed by atoms with Crippen molar-refractivity contribution in [2.45, 2.75) is 45.3 Å². The lowest BCUT2D eigenvalue weighted by Gasteiger charge is -2.27. The van der Waals surface area contributed by atoms with Crippen molar-refractivity contribution < 1.29 is 5.11 Å². The molecule has 0 aliphatic carbocycles. The molecule has 1 heterocycles. The van der Waals surface area contributed by atoms with Crippen molar-refractivity contribution in [2.24, 2.45) is 0 Å². The summed E-state index contributed by atoms with van der Waals surface area (Å²) >= 11 is 0. The highest BCUT2D eigenvalue weighted by Gasteiger charge is 2.27. The Kier molecular flexibility index (Phi) is 4.49. The molecule has 22 heavy (non-hydrogen) atoms. The van der Waals surface area contributed by atoms with Crippen molar-refractivity contribution in [1.82, 2.24) is 0 Å². The largest absolute Gasteiger partial charge is 0.387 e. The first-order valence-corrected chi connectivity index (χ1v) is 8.30. The van der Waals surface area contributed by atoms with Gasteiger partial charge in [0, 0.05) is 18.3 Å². The lowest BCUT2D eigenvalue weighted by molar-refractivity contribution is 0.181. The topological polar surface area (TPSA) is 23.5 Å². The summed E-state index contributed by atoms with van der Waals surface area (Å²) in [7, 11) is 0. The number of hydrogen-bond donors (Lipinski definition) is 1. The zero-order valence-electron chi connectivity index (χ0n) is 13.5. The molecular formula is C20H25NO. The van der Waals surface area contributed by atoms with E-state index in [0.29, 0.717) is 12.6 Å². The summed E-state index contributed by atoms with van der Waals surface area (Å²) in [6, 6.07) is 17.4. The number of para-hydroxylation sites is 1. The van der Waals surface area contributed by atoms with E-state index in [1.165, 1.54) is 16.8 Å². The summed E-state index contributed by atoms with van der Waals surface area (Å²) in [6.45, 7) is 5.08. The molecule has 2 unspecified atom stereocenters. The molecule has 1 aliphatic heterocycles. The predicted octanol–water partition coefficient (Wildman–Crippen LogP) is 4.12. The van der Waals surface area contributed by atoms with Gasteiger partial charge in [0.1, 0.15) is 0 Å². The van der Waals surface area contributed by atoms with Crippen molar-refractivity contribution in [2.75, 3.05) is 11.4 Å². The van der Waals surface area contributed by atoms with E-state index < -0.39 is 6.10 Å². The lowest BCUT2D eigenvalue weighted by Crippen LogP contribution is -2.33. The molecule has 3 rings (SSSR count). The number of β-amino-alcohol motifs (C(OH)–C–C–N with tert-alkyl or cyclic N) is 1. The van der Waals surface area contributed by atoms with E-state index in [2.05, 4.69) is 67.3 Å². The van der Waals surface area contributed by atoms with Crippen LogP contribution in [0.1, 0.15) is 43.1 Å². The number of aliphatic hydroxyl groups is 1. The van der Waals surface area contributed by atoms with Gasteiger partial charge in [-0.1, -0.05) is 55.8 Å². The molecule has 116 valence electrons. The van der Waals surface area contributed by atoms with E-state index in [1.54, 1.807) is 0 Å². The van der Waals surface area contributed by atoms with Crippen LogP contribution in [0, 0.1) is 0 Å². The average Bonchev–Trinajstić information content (AvgIpc) is 2.84. The summed E-state index contributed by atoms with van der Waals surface area (Å²) in [6.07, 6.45) is 2.89. The van der Waals surface area contributed by atoms with Gasteiger partial charge in [0.05, 0.1) is 6.10 Å². The molecule has 0 radical (unpaired) electrons. The Morgan fingerprint density at radius 3 is 2.59 bits per heavy atom. The normalized spacial score (nSPS) is 18.3. The fourth-order valence-electron chi connectivity index (χ4n) is 3.39. The number of nitrogens with zero attached hydrogens (tertiary/aromatic N) is 1. The minimum atomic E-state index is -0.440. The van der Waals surface area contributed by atoms with E-state index in [-0.39, 0.29) is 0 Å². The maximum absolute atomic E-state index is 10.6. The van der Waals surface area contributed by atoms with Crippen LogP contribution in [0.4, 0.5) is 5.69 Å². The van der Waals surface area contributed by atoms with Gasteiger partial charge in [-0.2, -0.15) is 0 Å². The molecule has 0 aromatic heterocycles. The van der Waals surface area contributed by atoms with Gasteiger partial charge in [0.15, 0.2) is 0 Å². The van der Waals surface area contributed by atoms with Crippen molar-refractivity contribution in [1.29, 1.82) is 0 Å². The van der Waals surface area contributed by atoms with Crippen molar-refractivity contribution >= 4 is 5.69 Å². The van der Waals surface area contributed by atoms with Crippen LogP contribution in [0.25, 0.3) is 0 Å². The second-order valence-electron chi connectivity index (χ2n) is 6.34. The van der Waals surface area contributed by atoms with Crippen molar-refractivity contribution in [3.8, 4) is 0 Å². The highest BCUT2D eigenvalue weighted by atomic mass is 16.3. The van der Waals surface area contributed by atoms with E-state index in [0.717, 1.165) is 24.8 Å². The van der Waals surface area contributed by atoms with Crippen LogP contribution in [-0.2, 0) is 12.8 Å². The Bertz CT molecular complexity index is 620. The van der Waals surface area contributed by atoms with Crippen LogP contribution in [0.3, 0.4) is 0 Å². The number of benzene rings is 2. The fourth-order valence-corrected chi connectivity index (χ4v) is 3.39. The van der Waals surface area contributed by atoms with E-state index in [9.17, 15) is 5.11 Å². The van der Waals surface area contributed by atoms with Crippen LogP contribution < -0.4 is 4.90 Å². The minimum absolute atomic E-state index is 0.440. The van der Waals surface area contributed by atoms with Crippen molar-refractivity contribution in [3.05, 3.63) is 65.2 Å². The van der Waals surface area contributed by atoms with Gasteiger partial charge < -0.3 is 10.0 Å². The molecular weight excluding hydrogens is 270 g/mol. The third-order valence-corrected chi connectivity index (χ3v) is 4.62. The Hall–Kier alpha value is -1.80. The molecule has 1 aliphatic rings. The molecule has 2 heteroatoms. The highest BCUT2D eigenvalue weighted by molar-refractivity contribution is 5.59. The Labute approximate surface area is 133 Å². The summed E-state index contributed by atoms with van der Waals surface area (Å²) in [5.74, 6) is 0. The van der Waals surface area contributed by atoms with Gasteiger partial charge in [0.25, 0.3) is 0 Å². The molecule has 1 N–H and O–H groups in total. The third kappa shape index (κ3) is 3.02. The third-order valence-electron chi connectivity index (χ3n) is 4.62. The molecule has 0 saturated heterocycles. The van der Waals surface area contributed by atoms with Gasteiger partial charge in [-0.15, -0.1) is 0 Å². The fraction of sp³-hybridized carbons (Fsp3) is 0.400. The highest BCUT2D eigenvalue weighted by Crippen LogP contribution is 2.33. The first-order chi connectivity index (χ1) is 10.7. The first kappa shape index (κ1) is 15.1. The SMILES string of the molecule is CCCc1ccc(C(O)CN2c3ccccc3CC2C)cc1. The van der Waals surface area contributed by atoms with Crippen LogP contribution >= 0.6 is 0 Å². The number of aliphatic hydroxyl groups excluding tert-OH is 1. The summed E-state index contributed by atoms with van der Waals surface area (Å²) in [4.78, 5) is 2.33. The second-order valence-corrected chi connectivity index (χ2v) is 6.34. The predicted molar refractivity (Wildman–Crippen MR) is 92.4 cm³/mol. The zero-order valence-corrected chi connectivity index (χ0v) is 13.5. The van der Waals surface area contributed by atoms with Gasteiger partial charge in [0.2, 0.25) is 0 Å². The summed E-state index contributed by atoms with van der Waals surface area (Å²) < 4.78 is 0. The van der Waals surface area contributed by atoms with Crippen LogP contribution in [0.5, 0.6) is 0 Å². The van der Waals surface area contributed by atoms with Gasteiger partial charge in [-0.05, 0) is 42.5 Å². The number of rotatable bonds is 5. The maximum Gasteiger partial charge on any atom is 0.0964 e. The molecule has 0 spiro atoms. The summed E-state index contributed by atoms with van der Waals surface area (Å²) in [5, 5.41) is 10.6. The minimum Gasteiger partial charge on any atom is -0.387 e. The van der Waals surface area contributed by atoms with E-state index >= 15 is 0 Å². The first-order valence-electron chi connectivity index (χ1n) is 8.30. The molecule has 2 aromatic carbocycles. The molecule has 0 bridgehead atoms. The average molecular weight is 295 g/mol. The number of anilines is 1. The molecule has 2 atom stereocenters. The quantitative estimate of drug-likeness (QED) is 0.896. The van der Waals surface area contributed by atoms with Crippen molar-refractivity contribution in [3.63, 3.8) is 0 Å². The molecule has 2 nitrogen and oxygen atoms in total. The maximum atomic E-state index is 10.6. The zero-order chi connectivity index (χ0) is 15.5. The van der Waals surface area contributed by atoms with Gasteiger partial charge in [-0.25, -0.2) is 0 Å². The summed E-state index contributed by atoms with van der Waals surface area (Å²) in [5.41, 5.74) is 5.02. The second kappa shape index (κ2) is 6.53.